The maximum atomic E-state index is 13.9. The fraction of sp³-hybridized carbons (Fsp3) is 0.125. The Kier molecular flexibility index (Phi) is 5.38. The van der Waals surface area contributed by atoms with Gasteiger partial charge in [-0.2, -0.15) is 0 Å². The van der Waals surface area contributed by atoms with Gasteiger partial charge in [-0.25, -0.2) is 14.1 Å². The molecule has 3 rings (SSSR count). The Balaban J connectivity index is 1.71. The third-order valence-electron chi connectivity index (χ3n) is 3.41. The molecule has 2 heterocycles. The average molecular weight is 393 g/mol. The predicted octanol–water partition coefficient (Wildman–Crippen LogP) is 2.97. The normalized spacial score (nSPS) is 12.0. The van der Waals surface area contributed by atoms with Gasteiger partial charge in [-0.3, -0.25) is 4.79 Å². The van der Waals surface area contributed by atoms with E-state index >= 15 is 0 Å². The number of nitrogens with zero attached hydrogens (tertiary/aromatic N) is 4. The van der Waals surface area contributed by atoms with Crippen molar-refractivity contribution in [3.8, 4) is 11.4 Å². The zero-order valence-corrected chi connectivity index (χ0v) is 15.1. The van der Waals surface area contributed by atoms with Crippen molar-refractivity contribution in [3.05, 3.63) is 53.4 Å². The van der Waals surface area contributed by atoms with Crippen LogP contribution in [0.25, 0.3) is 11.4 Å². The van der Waals surface area contributed by atoms with Gasteiger partial charge in [0, 0.05) is 6.20 Å². The van der Waals surface area contributed by atoms with Crippen molar-refractivity contribution < 1.29 is 9.18 Å². The Morgan fingerprint density at radius 2 is 2.08 bits per heavy atom. The molecule has 0 aliphatic carbocycles. The van der Waals surface area contributed by atoms with Crippen LogP contribution in [-0.4, -0.2) is 31.0 Å². The zero-order valence-electron chi connectivity index (χ0n) is 13.6. The van der Waals surface area contributed by atoms with E-state index in [1.54, 1.807) is 37.3 Å². The standard InChI is InChI=1S/C16H14ClFN6OS/c1-9(15(25)21-13-7-6-10(17)8-20-13)26-16-23-22-14(24(16)19)11-4-2-3-5-12(11)18/h2-9H,19H2,1H3,(H,20,21,25)/t9-/m0/s1. The molecule has 1 amide bonds. The molecule has 0 spiro atoms. The summed E-state index contributed by atoms with van der Waals surface area (Å²) in [6.07, 6.45) is 1.44. The minimum atomic E-state index is -0.535. The van der Waals surface area contributed by atoms with E-state index in [2.05, 4.69) is 20.5 Å². The lowest BCUT2D eigenvalue weighted by Crippen LogP contribution is -2.24. The summed E-state index contributed by atoms with van der Waals surface area (Å²) < 4.78 is 15.1. The summed E-state index contributed by atoms with van der Waals surface area (Å²) in [4.78, 5) is 16.3. The van der Waals surface area contributed by atoms with E-state index in [1.807, 2.05) is 0 Å². The van der Waals surface area contributed by atoms with E-state index in [9.17, 15) is 9.18 Å². The molecule has 0 radical (unpaired) electrons. The van der Waals surface area contributed by atoms with Crippen molar-refractivity contribution in [2.24, 2.45) is 0 Å². The Bertz CT molecular complexity index is 933. The number of pyridine rings is 1. The monoisotopic (exact) mass is 392 g/mol. The topological polar surface area (TPSA) is 98.7 Å². The summed E-state index contributed by atoms with van der Waals surface area (Å²) in [5, 5.41) is 10.8. The Labute approximate surface area is 157 Å². The van der Waals surface area contributed by atoms with Gasteiger partial charge in [-0.05, 0) is 31.2 Å². The maximum Gasteiger partial charge on any atom is 0.238 e. The lowest BCUT2D eigenvalue weighted by Gasteiger charge is -2.11. The van der Waals surface area contributed by atoms with Gasteiger partial charge in [0.25, 0.3) is 0 Å². The van der Waals surface area contributed by atoms with E-state index in [4.69, 9.17) is 17.4 Å². The molecule has 0 saturated carbocycles. The SMILES string of the molecule is C[C@H](Sc1nnc(-c2ccccc2F)n1N)C(=O)Nc1ccc(Cl)cn1. The van der Waals surface area contributed by atoms with E-state index in [0.717, 1.165) is 16.4 Å². The second kappa shape index (κ2) is 7.71. The molecule has 2 aromatic heterocycles. The van der Waals surface area contributed by atoms with Crippen molar-refractivity contribution in [1.82, 2.24) is 19.9 Å². The fourth-order valence-corrected chi connectivity index (χ4v) is 2.95. The first-order valence-corrected chi connectivity index (χ1v) is 8.76. The summed E-state index contributed by atoms with van der Waals surface area (Å²) in [7, 11) is 0. The summed E-state index contributed by atoms with van der Waals surface area (Å²) in [5.74, 6) is 5.78. The van der Waals surface area contributed by atoms with Crippen LogP contribution in [-0.2, 0) is 4.79 Å². The zero-order chi connectivity index (χ0) is 18.7. The summed E-state index contributed by atoms with van der Waals surface area (Å²) in [6.45, 7) is 1.69. The first kappa shape index (κ1) is 18.2. The first-order valence-electron chi connectivity index (χ1n) is 7.50. The van der Waals surface area contributed by atoms with Crippen molar-refractivity contribution in [1.29, 1.82) is 0 Å². The van der Waals surface area contributed by atoms with Gasteiger partial charge in [0.1, 0.15) is 11.6 Å². The predicted molar refractivity (Wildman–Crippen MR) is 98.8 cm³/mol. The number of hydrogen-bond donors (Lipinski definition) is 2. The van der Waals surface area contributed by atoms with Gasteiger partial charge in [-0.15, -0.1) is 10.2 Å². The molecule has 3 N–H and O–H groups in total. The van der Waals surface area contributed by atoms with Crippen LogP contribution in [0.2, 0.25) is 5.02 Å². The number of carbonyl (C=O) groups excluding carboxylic acids is 1. The van der Waals surface area contributed by atoms with Gasteiger partial charge in [0.15, 0.2) is 5.82 Å². The van der Waals surface area contributed by atoms with Crippen molar-refractivity contribution in [2.75, 3.05) is 11.2 Å². The highest BCUT2D eigenvalue weighted by Gasteiger charge is 2.21. The van der Waals surface area contributed by atoms with Gasteiger partial charge in [0.2, 0.25) is 11.1 Å². The first-order chi connectivity index (χ1) is 12.5. The summed E-state index contributed by atoms with van der Waals surface area (Å²) >= 11 is 6.86. The quantitative estimate of drug-likeness (QED) is 0.511. The van der Waals surface area contributed by atoms with Crippen LogP contribution in [0.3, 0.4) is 0 Å². The van der Waals surface area contributed by atoms with Crippen molar-refractivity contribution in [3.63, 3.8) is 0 Å². The van der Waals surface area contributed by atoms with E-state index < -0.39 is 11.1 Å². The van der Waals surface area contributed by atoms with Crippen molar-refractivity contribution >= 4 is 35.1 Å². The largest absolute Gasteiger partial charge is 0.335 e. The molecule has 26 heavy (non-hydrogen) atoms. The number of aromatic nitrogens is 4. The number of nitrogen functional groups attached to an aromatic ring is 1. The van der Waals surface area contributed by atoms with Crippen molar-refractivity contribution in [2.45, 2.75) is 17.3 Å². The molecular formula is C16H14ClFN6OS. The number of amides is 1. The maximum absolute atomic E-state index is 13.9. The molecule has 7 nitrogen and oxygen atoms in total. The molecule has 1 atom stereocenters. The molecule has 0 aliphatic heterocycles. The second-order valence-corrected chi connectivity index (χ2v) is 7.01. The highest BCUT2D eigenvalue weighted by Crippen LogP contribution is 2.26. The second-order valence-electron chi connectivity index (χ2n) is 5.27. The van der Waals surface area contributed by atoms with Crippen LogP contribution in [0.5, 0.6) is 0 Å². The molecule has 1 aromatic carbocycles. The highest BCUT2D eigenvalue weighted by molar-refractivity contribution is 8.00. The molecule has 0 unspecified atom stereocenters. The van der Waals surface area contributed by atoms with E-state index in [0.29, 0.717) is 10.8 Å². The van der Waals surface area contributed by atoms with Gasteiger partial charge in [-0.1, -0.05) is 35.5 Å². The van der Waals surface area contributed by atoms with E-state index in [-0.39, 0.29) is 22.5 Å². The van der Waals surface area contributed by atoms with Crippen LogP contribution in [0.1, 0.15) is 6.92 Å². The minimum Gasteiger partial charge on any atom is -0.335 e. The highest BCUT2D eigenvalue weighted by atomic mass is 35.5. The number of carbonyl (C=O) groups is 1. The average Bonchev–Trinajstić information content (AvgIpc) is 2.98. The molecule has 0 aliphatic rings. The summed E-state index contributed by atoms with van der Waals surface area (Å²) in [5.41, 5.74) is 0.233. The Morgan fingerprint density at radius 3 is 2.77 bits per heavy atom. The Hall–Kier alpha value is -2.65. The fourth-order valence-electron chi connectivity index (χ4n) is 2.07. The molecule has 134 valence electrons. The number of anilines is 1. The third kappa shape index (κ3) is 3.94. The summed E-state index contributed by atoms with van der Waals surface area (Å²) in [6, 6.07) is 9.34. The number of thioether (sulfide) groups is 1. The number of halogens is 2. The molecule has 0 saturated heterocycles. The van der Waals surface area contributed by atoms with Gasteiger partial charge in [0.05, 0.1) is 15.8 Å². The minimum absolute atomic E-state index is 0.178. The smallest absolute Gasteiger partial charge is 0.238 e. The number of hydrogen-bond acceptors (Lipinski definition) is 6. The van der Waals surface area contributed by atoms with Crippen LogP contribution in [0, 0.1) is 5.82 Å². The van der Waals surface area contributed by atoms with Crippen LogP contribution >= 0.6 is 23.4 Å². The Morgan fingerprint density at radius 1 is 1.31 bits per heavy atom. The van der Waals surface area contributed by atoms with Crippen LogP contribution in [0.4, 0.5) is 10.2 Å². The number of nitrogens with two attached hydrogens (primary N) is 1. The lowest BCUT2D eigenvalue weighted by atomic mass is 10.2. The molecular weight excluding hydrogens is 379 g/mol. The van der Waals surface area contributed by atoms with Crippen LogP contribution < -0.4 is 11.2 Å². The molecule has 0 bridgehead atoms. The van der Waals surface area contributed by atoms with Gasteiger partial charge >= 0.3 is 0 Å². The number of nitrogens with one attached hydrogen (secondary N) is 1. The van der Waals surface area contributed by atoms with Crippen LogP contribution in [0.15, 0.2) is 47.8 Å². The van der Waals surface area contributed by atoms with Gasteiger partial charge < -0.3 is 11.2 Å². The number of benzene rings is 1. The molecule has 0 fully saturated rings. The third-order valence-corrected chi connectivity index (χ3v) is 4.69. The number of rotatable bonds is 5. The lowest BCUT2D eigenvalue weighted by molar-refractivity contribution is -0.115. The van der Waals surface area contributed by atoms with E-state index in [1.165, 1.54) is 12.3 Å². The molecule has 10 heteroatoms. The molecule has 3 aromatic rings.